The SMILES string of the molecule is CNC(=O)CCCNCCNC(=O)N(C)C. The number of amides is 3. The van der Waals surface area contributed by atoms with Crippen molar-refractivity contribution in [2.24, 2.45) is 0 Å². The Balaban J connectivity index is 3.22. The highest BCUT2D eigenvalue weighted by molar-refractivity contribution is 5.75. The molecule has 0 saturated carbocycles. The lowest BCUT2D eigenvalue weighted by Gasteiger charge is -2.12. The van der Waals surface area contributed by atoms with Crippen LogP contribution in [-0.2, 0) is 4.79 Å². The van der Waals surface area contributed by atoms with Crippen molar-refractivity contribution in [1.82, 2.24) is 20.9 Å². The summed E-state index contributed by atoms with van der Waals surface area (Å²) in [5, 5.41) is 8.45. The zero-order valence-electron chi connectivity index (χ0n) is 10.3. The molecule has 0 saturated heterocycles. The quantitative estimate of drug-likeness (QED) is 0.510. The number of urea groups is 1. The third kappa shape index (κ3) is 8.05. The molecule has 6 heteroatoms. The van der Waals surface area contributed by atoms with E-state index < -0.39 is 0 Å². The molecule has 94 valence electrons. The highest BCUT2D eigenvalue weighted by Crippen LogP contribution is 1.85. The van der Waals surface area contributed by atoms with Gasteiger partial charge in [0, 0.05) is 40.7 Å². The molecule has 0 aliphatic carbocycles. The second kappa shape index (κ2) is 8.96. The molecule has 0 radical (unpaired) electrons. The zero-order chi connectivity index (χ0) is 12.4. The summed E-state index contributed by atoms with van der Waals surface area (Å²) in [5.41, 5.74) is 0. The summed E-state index contributed by atoms with van der Waals surface area (Å²) in [4.78, 5) is 23.4. The minimum absolute atomic E-state index is 0.0581. The smallest absolute Gasteiger partial charge is 0.316 e. The topological polar surface area (TPSA) is 73.5 Å². The molecule has 6 nitrogen and oxygen atoms in total. The summed E-state index contributed by atoms with van der Waals surface area (Å²) < 4.78 is 0. The van der Waals surface area contributed by atoms with Gasteiger partial charge in [-0.25, -0.2) is 4.79 Å². The number of nitrogens with one attached hydrogen (secondary N) is 3. The lowest BCUT2D eigenvalue weighted by Crippen LogP contribution is -2.38. The van der Waals surface area contributed by atoms with Crippen LogP contribution in [0.15, 0.2) is 0 Å². The minimum atomic E-state index is -0.0906. The van der Waals surface area contributed by atoms with Gasteiger partial charge in [0.15, 0.2) is 0 Å². The van der Waals surface area contributed by atoms with Gasteiger partial charge in [0.1, 0.15) is 0 Å². The Morgan fingerprint density at radius 2 is 1.81 bits per heavy atom. The summed E-state index contributed by atoms with van der Waals surface area (Å²) in [6, 6.07) is -0.0906. The Labute approximate surface area is 96.8 Å². The molecule has 0 aromatic rings. The Kier molecular flexibility index (Phi) is 8.24. The maximum absolute atomic E-state index is 11.1. The molecular weight excluding hydrogens is 208 g/mol. The molecule has 0 bridgehead atoms. The average Bonchev–Trinajstić information content (AvgIpc) is 2.26. The Morgan fingerprint density at radius 3 is 2.38 bits per heavy atom. The van der Waals surface area contributed by atoms with E-state index >= 15 is 0 Å². The number of rotatable bonds is 7. The molecular formula is C10H22N4O2. The van der Waals surface area contributed by atoms with Crippen molar-refractivity contribution in [3.8, 4) is 0 Å². The first-order valence-electron chi connectivity index (χ1n) is 5.44. The van der Waals surface area contributed by atoms with Crippen LogP contribution in [0.5, 0.6) is 0 Å². The van der Waals surface area contributed by atoms with Crippen molar-refractivity contribution in [2.45, 2.75) is 12.8 Å². The first kappa shape index (κ1) is 14.7. The molecule has 0 unspecified atom stereocenters. The van der Waals surface area contributed by atoms with Gasteiger partial charge >= 0.3 is 6.03 Å². The van der Waals surface area contributed by atoms with Gasteiger partial charge in [-0.1, -0.05) is 0 Å². The van der Waals surface area contributed by atoms with Crippen LogP contribution in [0.25, 0.3) is 0 Å². The third-order valence-electron chi connectivity index (χ3n) is 2.02. The van der Waals surface area contributed by atoms with Crippen LogP contribution in [0.4, 0.5) is 4.79 Å². The molecule has 0 aliphatic heterocycles. The van der Waals surface area contributed by atoms with E-state index in [1.165, 1.54) is 4.90 Å². The van der Waals surface area contributed by atoms with Gasteiger partial charge in [0.25, 0.3) is 0 Å². The maximum atomic E-state index is 11.1. The fraction of sp³-hybridized carbons (Fsp3) is 0.800. The third-order valence-corrected chi connectivity index (χ3v) is 2.02. The van der Waals surface area contributed by atoms with E-state index in [4.69, 9.17) is 0 Å². The molecule has 0 spiro atoms. The molecule has 3 amide bonds. The molecule has 16 heavy (non-hydrogen) atoms. The van der Waals surface area contributed by atoms with Crippen molar-refractivity contribution in [1.29, 1.82) is 0 Å². The molecule has 3 N–H and O–H groups in total. The standard InChI is InChI=1S/C10H22N4O2/c1-11-9(15)5-4-6-12-7-8-13-10(16)14(2)3/h12H,4-8H2,1-3H3,(H,11,15)(H,13,16). The van der Waals surface area contributed by atoms with Crippen LogP contribution in [0.1, 0.15) is 12.8 Å². The summed E-state index contributed by atoms with van der Waals surface area (Å²) >= 11 is 0. The number of carbonyl (C=O) groups is 2. The monoisotopic (exact) mass is 230 g/mol. The summed E-state index contributed by atoms with van der Waals surface area (Å²) in [6.45, 7) is 2.09. The van der Waals surface area contributed by atoms with Gasteiger partial charge < -0.3 is 20.9 Å². The fourth-order valence-corrected chi connectivity index (χ4v) is 1.04. The molecule has 0 rings (SSSR count). The highest BCUT2D eigenvalue weighted by Gasteiger charge is 2.00. The molecule has 0 aliphatic rings. The van der Waals surface area contributed by atoms with Crippen LogP contribution in [0, 0.1) is 0 Å². The molecule has 0 fully saturated rings. The van der Waals surface area contributed by atoms with Crippen molar-refractivity contribution in [3.05, 3.63) is 0 Å². The van der Waals surface area contributed by atoms with Crippen molar-refractivity contribution in [3.63, 3.8) is 0 Å². The Morgan fingerprint density at radius 1 is 1.12 bits per heavy atom. The van der Waals surface area contributed by atoms with Crippen LogP contribution in [0.3, 0.4) is 0 Å². The van der Waals surface area contributed by atoms with E-state index in [0.29, 0.717) is 19.5 Å². The molecule has 0 atom stereocenters. The van der Waals surface area contributed by atoms with Gasteiger partial charge in [0.05, 0.1) is 0 Å². The van der Waals surface area contributed by atoms with E-state index in [1.807, 2.05) is 0 Å². The largest absolute Gasteiger partial charge is 0.359 e. The van der Waals surface area contributed by atoms with E-state index in [0.717, 1.165) is 13.0 Å². The van der Waals surface area contributed by atoms with Gasteiger partial charge in [-0.15, -0.1) is 0 Å². The van der Waals surface area contributed by atoms with Crippen LogP contribution < -0.4 is 16.0 Å². The number of nitrogens with zero attached hydrogens (tertiary/aromatic N) is 1. The van der Waals surface area contributed by atoms with Crippen LogP contribution in [0.2, 0.25) is 0 Å². The van der Waals surface area contributed by atoms with E-state index in [2.05, 4.69) is 16.0 Å². The summed E-state index contributed by atoms with van der Waals surface area (Å²) in [6.07, 6.45) is 1.34. The zero-order valence-corrected chi connectivity index (χ0v) is 10.3. The maximum Gasteiger partial charge on any atom is 0.316 e. The van der Waals surface area contributed by atoms with E-state index in [-0.39, 0.29) is 11.9 Å². The van der Waals surface area contributed by atoms with Gasteiger partial charge in [-0.2, -0.15) is 0 Å². The molecule has 0 aromatic heterocycles. The number of hydrogen-bond donors (Lipinski definition) is 3. The van der Waals surface area contributed by atoms with E-state index in [1.54, 1.807) is 21.1 Å². The molecule has 0 aromatic carbocycles. The first-order chi connectivity index (χ1) is 7.57. The Bertz CT molecular complexity index is 219. The van der Waals surface area contributed by atoms with Crippen molar-refractivity contribution in [2.75, 3.05) is 40.8 Å². The van der Waals surface area contributed by atoms with Crippen LogP contribution in [-0.4, -0.2) is 57.6 Å². The predicted molar refractivity (Wildman–Crippen MR) is 63.3 cm³/mol. The average molecular weight is 230 g/mol. The number of carbonyl (C=O) groups excluding carboxylic acids is 2. The minimum Gasteiger partial charge on any atom is -0.359 e. The lowest BCUT2D eigenvalue weighted by atomic mass is 10.3. The van der Waals surface area contributed by atoms with Gasteiger partial charge in [0.2, 0.25) is 5.91 Å². The van der Waals surface area contributed by atoms with E-state index in [9.17, 15) is 9.59 Å². The molecule has 0 heterocycles. The van der Waals surface area contributed by atoms with Gasteiger partial charge in [-0.05, 0) is 13.0 Å². The van der Waals surface area contributed by atoms with Crippen molar-refractivity contribution >= 4 is 11.9 Å². The Hall–Kier alpha value is -1.30. The second-order valence-electron chi connectivity index (χ2n) is 3.65. The highest BCUT2D eigenvalue weighted by atomic mass is 16.2. The predicted octanol–water partition coefficient (Wildman–Crippen LogP) is -0.627. The lowest BCUT2D eigenvalue weighted by molar-refractivity contribution is -0.120. The fourth-order valence-electron chi connectivity index (χ4n) is 1.04. The van der Waals surface area contributed by atoms with Crippen LogP contribution >= 0.6 is 0 Å². The summed E-state index contributed by atoms with van der Waals surface area (Å²) in [7, 11) is 5.03. The van der Waals surface area contributed by atoms with Gasteiger partial charge in [-0.3, -0.25) is 4.79 Å². The number of hydrogen-bond acceptors (Lipinski definition) is 3. The summed E-state index contributed by atoms with van der Waals surface area (Å²) in [5.74, 6) is 0.0581. The van der Waals surface area contributed by atoms with Crippen molar-refractivity contribution < 1.29 is 9.59 Å². The normalized spacial score (nSPS) is 9.69. The first-order valence-corrected chi connectivity index (χ1v) is 5.44. The second-order valence-corrected chi connectivity index (χ2v) is 3.65.